The number of carbonyl (C=O) groups is 2. The summed E-state index contributed by atoms with van der Waals surface area (Å²) in [5, 5.41) is 2.49. The molecule has 1 amide bonds. The molecule has 6 heteroatoms. The molecule has 1 aromatic carbocycles. The largest absolute Gasteiger partial charge is 0.444 e. The SMILES string of the molecule is Cc1ccc(F)c(C(=O)CCCNC(=O)OC(C)(C)C)c1F. The van der Waals surface area contributed by atoms with Gasteiger partial charge in [0.25, 0.3) is 0 Å². The van der Waals surface area contributed by atoms with Crippen molar-refractivity contribution >= 4 is 11.9 Å². The van der Waals surface area contributed by atoms with Crippen molar-refractivity contribution in [3.63, 3.8) is 0 Å². The van der Waals surface area contributed by atoms with Crippen LogP contribution < -0.4 is 5.32 Å². The number of carbonyl (C=O) groups excluding carboxylic acids is 2. The second-order valence-electron chi connectivity index (χ2n) is 6.01. The van der Waals surface area contributed by atoms with Crippen molar-refractivity contribution in [1.29, 1.82) is 0 Å². The van der Waals surface area contributed by atoms with Crippen LogP contribution in [-0.2, 0) is 4.74 Å². The summed E-state index contributed by atoms with van der Waals surface area (Å²) in [6.45, 7) is 6.86. The number of halogens is 2. The molecule has 0 atom stereocenters. The quantitative estimate of drug-likeness (QED) is 0.665. The highest BCUT2D eigenvalue weighted by atomic mass is 19.1. The van der Waals surface area contributed by atoms with Gasteiger partial charge < -0.3 is 10.1 Å². The Labute approximate surface area is 128 Å². The number of nitrogens with one attached hydrogen (secondary N) is 1. The van der Waals surface area contributed by atoms with Gasteiger partial charge in [0, 0.05) is 13.0 Å². The zero-order valence-corrected chi connectivity index (χ0v) is 13.3. The lowest BCUT2D eigenvalue weighted by molar-refractivity contribution is 0.0525. The summed E-state index contributed by atoms with van der Waals surface area (Å²) in [6.07, 6.45) is -0.384. The maximum absolute atomic E-state index is 13.8. The first-order valence-electron chi connectivity index (χ1n) is 7.06. The van der Waals surface area contributed by atoms with Crippen LogP contribution in [-0.4, -0.2) is 24.0 Å². The van der Waals surface area contributed by atoms with Crippen molar-refractivity contribution in [3.05, 3.63) is 34.9 Å². The van der Waals surface area contributed by atoms with Crippen molar-refractivity contribution in [1.82, 2.24) is 5.32 Å². The second kappa shape index (κ2) is 7.33. The van der Waals surface area contributed by atoms with Crippen molar-refractivity contribution in [2.75, 3.05) is 6.54 Å². The summed E-state index contributed by atoms with van der Waals surface area (Å²) in [5.74, 6) is -2.32. The number of alkyl carbamates (subject to hydrolysis) is 1. The van der Waals surface area contributed by atoms with Gasteiger partial charge in [0.15, 0.2) is 5.78 Å². The topological polar surface area (TPSA) is 55.4 Å². The van der Waals surface area contributed by atoms with Crippen LogP contribution in [0.4, 0.5) is 13.6 Å². The van der Waals surface area contributed by atoms with Gasteiger partial charge in [-0.15, -0.1) is 0 Å². The van der Waals surface area contributed by atoms with Gasteiger partial charge in [-0.05, 0) is 45.7 Å². The summed E-state index contributed by atoms with van der Waals surface area (Å²) < 4.78 is 32.4. The third-order valence-electron chi connectivity index (χ3n) is 2.81. The summed E-state index contributed by atoms with van der Waals surface area (Å²) in [4.78, 5) is 23.3. The van der Waals surface area contributed by atoms with E-state index in [0.29, 0.717) is 0 Å². The fourth-order valence-electron chi connectivity index (χ4n) is 1.79. The minimum atomic E-state index is -0.867. The Bertz CT molecular complexity index is 565. The van der Waals surface area contributed by atoms with Gasteiger partial charge in [-0.2, -0.15) is 0 Å². The average Bonchev–Trinajstić information content (AvgIpc) is 2.37. The maximum atomic E-state index is 13.8. The van der Waals surface area contributed by atoms with Gasteiger partial charge in [0.2, 0.25) is 0 Å². The molecule has 0 saturated carbocycles. The van der Waals surface area contributed by atoms with Crippen LogP contribution in [0.2, 0.25) is 0 Å². The van der Waals surface area contributed by atoms with E-state index in [-0.39, 0.29) is 24.9 Å². The van der Waals surface area contributed by atoms with Gasteiger partial charge >= 0.3 is 6.09 Å². The predicted octanol–water partition coefficient (Wildman–Crippen LogP) is 3.76. The van der Waals surface area contributed by atoms with Crippen LogP contribution in [0.1, 0.15) is 49.5 Å². The van der Waals surface area contributed by atoms with Crippen LogP contribution in [0, 0.1) is 18.6 Å². The summed E-state index contributed by atoms with van der Waals surface area (Å²) in [5.41, 5.74) is -0.901. The summed E-state index contributed by atoms with van der Waals surface area (Å²) in [7, 11) is 0. The van der Waals surface area contributed by atoms with Crippen LogP contribution in [0.5, 0.6) is 0 Å². The molecule has 0 bridgehead atoms. The van der Waals surface area contributed by atoms with Crippen molar-refractivity contribution < 1.29 is 23.1 Å². The van der Waals surface area contributed by atoms with E-state index in [1.54, 1.807) is 20.8 Å². The van der Waals surface area contributed by atoms with Crippen molar-refractivity contribution in [2.45, 2.75) is 46.1 Å². The van der Waals surface area contributed by atoms with E-state index in [1.807, 2.05) is 0 Å². The van der Waals surface area contributed by atoms with E-state index >= 15 is 0 Å². The molecule has 0 radical (unpaired) electrons. The van der Waals surface area contributed by atoms with Crippen LogP contribution in [0.25, 0.3) is 0 Å². The number of Topliss-reactive ketones (excluding diaryl/α,β-unsaturated/α-hetero) is 1. The fraction of sp³-hybridized carbons (Fsp3) is 0.500. The number of hydrogen-bond acceptors (Lipinski definition) is 3. The Kier molecular flexibility index (Phi) is 6.02. The first-order valence-corrected chi connectivity index (χ1v) is 7.06. The van der Waals surface area contributed by atoms with Crippen molar-refractivity contribution in [2.24, 2.45) is 0 Å². The number of rotatable bonds is 5. The molecule has 22 heavy (non-hydrogen) atoms. The normalized spacial score (nSPS) is 11.2. The summed E-state index contributed by atoms with van der Waals surface area (Å²) in [6, 6.07) is 2.36. The molecule has 1 rings (SSSR count). The molecule has 0 spiro atoms. The van der Waals surface area contributed by atoms with E-state index < -0.39 is 34.7 Å². The zero-order valence-electron chi connectivity index (χ0n) is 13.3. The Hall–Kier alpha value is -1.98. The Morgan fingerprint density at radius 2 is 1.86 bits per heavy atom. The van der Waals surface area contributed by atoms with E-state index in [1.165, 1.54) is 13.0 Å². The van der Waals surface area contributed by atoms with Gasteiger partial charge in [-0.25, -0.2) is 13.6 Å². The zero-order chi connectivity index (χ0) is 16.9. The summed E-state index contributed by atoms with van der Waals surface area (Å²) >= 11 is 0. The van der Waals surface area contributed by atoms with Gasteiger partial charge in [0.05, 0.1) is 5.56 Å². The fourth-order valence-corrected chi connectivity index (χ4v) is 1.79. The van der Waals surface area contributed by atoms with Gasteiger partial charge in [0.1, 0.15) is 17.2 Å². The van der Waals surface area contributed by atoms with Gasteiger partial charge in [-0.1, -0.05) is 6.07 Å². The van der Waals surface area contributed by atoms with E-state index in [2.05, 4.69) is 5.32 Å². The molecule has 0 aromatic heterocycles. The number of aryl methyl sites for hydroxylation is 1. The van der Waals surface area contributed by atoms with Crippen LogP contribution in [0.3, 0.4) is 0 Å². The number of benzene rings is 1. The minimum Gasteiger partial charge on any atom is -0.444 e. The molecule has 0 fully saturated rings. The highest BCUT2D eigenvalue weighted by molar-refractivity contribution is 5.96. The van der Waals surface area contributed by atoms with Crippen LogP contribution >= 0.6 is 0 Å². The Morgan fingerprint density at radius 3 is 2.45 bits per heavy atom. The van der Waals surface area contributed by atoms with Gasteiger partial charge in [-0.3, -0.25) is 4.79 Å². The molecule has 0 aliphatic rings. The number of ether oxygens (including phenoxy) is 1. The first kappa shape index (κ1) is 18.1. The average molecular weight is 313 g/mol. The molecule has 1 aromatic rings. The Balaban J connectivity index is 2.48. The van der Waals surface area contributed by atoms with Crippen molar-refractivity contribution in [3.8, 4) is 0 Å². The number of amides is 1. The molecule has 122 valence electrons. The smallest absolute Gasteiger partial charge is 0.407 e. The predicted molar refractivity (Wildman–Crippen MR) is 78.9 cm³/mol. The Morgan fingerprint density at radius 1 is 1.23 bits per heavy atom. The molecule has 0 aliphatic heterocycles. The molecule has 0 unspecified atom stereocenters. The van der Waals surface area contributed by atoms with E-state index in [0.717, 1.165) is 6.07 Å². The lowest BCUT2D eigenvalue weighted by Gasteiger charge is -2.19. The monoisotopic (exact) mass is 313 g/mol. The van der Waals surface area contributed by atoms with E-state index in [9.17, 15) is 18.4 Å². The third-order valence-corrected chi connectivity index (χ3v) is 2.81. The lowest BCUT2D eigenvalue weighted by Crippen LogP contribution is -2.33. The molecule has 4 nitrogen and oxygen atoms in total. The molecular weight excluding hydrogens is 292 g/mol. The van der Waals surface area contributed by atoms with E-state index in [4.69, 9.17) is 4.74 Å². The number of hydrogen-bond donors (Lipinski definition) is 1. The maximum Gasteiger partial charge on any atom is 0.407 e. The molecule has 0 heterocycles. The second-order valence-corrected chi connectivity index (χ2v) is 6.01. The molecule has 0 aliphatic carbocycles. The molecular formula is C16H21F2NO3. The lowest BCUT2D eigenvalue weighted by atomic mass is 10.0. The van der Waals surface area contributed by atoms with Crippen LogP contribution in [0.15, 0.2) is 12.1 Å². The third kappa shape index (κ3) is 5.42. The highest BCUT2D eigenvalue weighted by Gasteiger charge is 2.19. The first-order chi connectivity index (χ1) is 10.1. The highest BCUT2D eigenvalue weighted by Crippen LogP contribution is 2.18. The standard InChI is InChI=1S/C16H21F2NO3/c1-10-7-8-11(17)13(14(10)18)12(20)6-5-9-19-15(21)22-16(2,3)4/h7-8H,5-6,9H2,1-4H3,(H,19,21). The minimum absolute atomic E-state index is 0.0624. The number of ketones is 1. The molecule has 0 saturated heterocycles. The molecule has 1 N–H and O–H groups in total.